The number of pyridine rings is 1. The van der Waals surface area contributed by atoms with Gasteiger partial charge < -0.3 is 0 Å². The van der Waals surface area contributed by atoms with E-state index in [0.29, 0.717) is 5.65 Å². The van der Waals surface area contributed by atoms with E-state index in [4.69, 9.17) is 0 Å². The van der Waals surface area contributed by atoms with Crippen molar-refractivity contribution in [1.82, 2.24) is 24.7 Å². The Morgan fingerprint density at radius 2 is 1.95 bits per heavy atom. The molecule has 96 valence electrons. The Bertz CT molecular complexity index is 778. The molecule has 5 nitrogen and oxygen atoms in total. The third kappa shape index (κ3) is 2.12. The van der Waals surface area contributed by atoms with Gasteiger partial charge in [0, 0.05) is 18.8 Å². The van der Waals surface area contributed by atoms with Gasteiger partial charge in [-0.25, -0.2) is 15.0 Å². The number of rotatable bonds is 1. The molecule has 0 aliphatic heterocycles. The number of hydrogen-bond donors (Lipinski definition) is 0. The molecule has 0 spiro atoms. The summed E-state index contributed by atoms with van der Waals surface area (Å²) in [4.78, 5) is 13.4. The minimum absolute atomic E-state index is 0.683. The minimum Gasteiger partial charge on any atom is -0.265 e. The van der Waals surface area contributed by atoms with Crippen LogP contribution in [0, 0.1) is 13.8 Å². The molecular formula is C13H12BrN5. The zero-order valence-electron chi connectivity index (χ0n) is 10.8. The van der Waals surface area contributed by atoms with Gasteiger partial charge in [-0.3, -0.25) is 4.68 Å². The maximum absolute atomic E-state index is 4.65. The van der Waals surface area contributed by atoms with Gasteiger partial charge in [-0.2, -0.15) is 5.10 Å². The molecule has 0 fully saturated rings. The van der Waals surface area contributed by atoms with Gasteiger partial charge in [0.2, 0.25) is 0 Å². The van der Waals surface area contributed by atoms with Crippen molar-refractivity contribution >= 4 is 27.1 Å². The lowest BCUT2D eigenvalue weighted by atomic mass is 10.2. The van der Waals surface area contributed by atoms with Gasteiger partial charge in [0.05, 0.1) is 11.9 Å². The number of hydrogen-bond acceptors (Lipinski definition) is 4. The zero-order chi connectivity index (χ0) is 13.6. The predicted molar refractivity (Wildman–Crippen MR) is 76.7 cm³/mol. The molecule has 3 heterocycles. The Balaban J connectivity index is 2.24. The summed E-state index contributed by atoms with van der Waals surface area (Å²) in [6, 6.07) is 3.94. The maximum Gasteiger partial charge on any atom is 0.178 e. The first-order chi connectivity index (χ1) is 9.04. The van der Waals surface area contributed by atoms with Crippen LogP contribution in [0.1, 0.15) is 11.3 Å². The highest BCUT2D eigenvalue weighted by molar-refractivity contribution is 9.10. The van der Waals surface area contributed by atoms with Crippen LogP contribution in [0.2, 0.25) is 0 Å². The minimum atomic E-state index is 0.683. The fraction of sp³-hybridized carbons (Fsp3) is 0.231. The molecule has 0 bridgehead atoms. The first-order valence-electron chi connectivity index (χ1n) is 5.85. The van der Waals surface area contributed by atoms with Gasteiger partial charge in [0.1, 0.15) is 15.8 Å². The van der Waals surface area contributed by atoms with Crippen molar-refractivity contribution in [2.45, 2.75) is 13.8 Å². The number of aryl methyl sites for hydroxylation is 3. The second kappa shape index (κ2) is 4.38. The van der Waals surface area contributed by atoms with Crippen molar-refractivity contribution in [3.63, 3.8) is 0 Å². The zero-order valence-corrected chi connectivity index (χ0v) is 12.4. The second-order valence-electron chi connectivity index (χ2n) is 4.48. The van der Waals surface area contributed by atoms with Crippen LogP contribution in [0.5, 0.6) is 0 Å². The number of fused-ring (bicyclic) bond motifs is 1. The number of nitrogens with zero attached hydrogens (tertiary/aromatic N) is 5. The summed E-state index contributed by atoms with van der Waals surface area (Å²) in [6.07, 6.45) is 1.73. The highest BCUT2D eigenvalue weighted by Gasteiger charge is 2.10. The molecule has 0 unspecified atom stereocenters. The topological polar surface area (TPSA) is 56.5 Å². The third-order valence-corrected chi connectivity index (χ3v) is 3.33. The SMILES string of the molecule is Cc1cc(C)c2nc(-c3cc(Br)nn3C)cnc2n1. The smallest absolute Gasteiger partial charge is 0.178 e. The van der Waals surface area contributed by atoms with Crippen molar-refractivity contribution in [2.24, 2.45) is 7.05 Å². The highest BCUT2D eigenvalue weighted by Crippen LogP contribution is 2.22. The largest absolute Gasteiger partial charge is 0.265 e. The van der Waals surface area contributed by atoms with Crippen molar-refractivity contribution in [3.05, 3.63) is 34.2 Å². The molecular weight excluding hydrogens is 306 g/mol. The molecule has 0 N–H and O–H groups in total. The summed E-state index contributed by atoms with van der Waals surface area (Å²) in [5.41, 5.74) is 5.26. The molecule has 0 saturated heterocycles. The molecule has 3 rings (SSSR count). The first kappa shape index (κ1) is 12.2. The molecule has 3 aromatic heterocycles. The molecule has 0 amide bonds. The van der Waals surface area contributed by atoms with E-state index in [1.54, 1.807) is 10.9 Å². The fourth-order valence-electron chi connectivity index (χ4n) is 2.11. The van der Waals surface area contributed by atoms with Crippen LogP contribution in [-0.2, 0) is 7.05 Å². The van der Waals surface area contributed by atoms with Crippen molar-refractivity contribution in [3.8, 4) is 11.4 Å². The summed E-state index contributed by atoms with van der Waals surface area (Å²) in [5.74, 6) is 0. The van der Waals surface area contributed by atoms with E-state index in [2.05, 4.69) is 36.0 Å². The van der Waals surface area contributed by atoms with Gasteiger partial charge in [0.25, 0.3) is 0 Å². The van der Waals surface area contributed by atoms with Gasteiger partial charge in [-0.05, 0) is 41.4 Å². The van der Waals surface area contributed by atoms with E-state index in [0.717, 1.165) is 32.8 Å². The second-order valence-corrected chi connectivity index (χ2v) is 5.30. The molecule has 0 aliphatic rings. The Morgan fingerprint density at radius 3 is 2.63 bits per heavy atom. The van der Waals surface area contributed by atoms with E-state index in [-0.39, 0.29) is 0 Å². The van der Waals surface area contributed by atoms with E-state index in [1.807, 2.05) is 33.0 Å². The predicted octanol–water partition coefficient (Wildman–Crippen LogP) is 2.80. The van der Waals surface area contributed by atoms with Crippen LogP contribution >= 0.6 is 15.9 Å². The molecule has 0 aliphatic carbocycles. The summed E-state index contributed by atoms with van der Waals surface area (Å²) < 4.78 is 2.56. The summed E-state index contributed by atoms with van der Waals surface area (Å²) in [5, 5.41) is 4.25. The molecule has 6 heteroatoms. The van der Waals surface area contributed by atoms with Gasteiger partial charge in [-0.15, -0.1) is 0 Å². The summed E-state index contributed by atoms with van der Waals surface area (Å²) in [6.45, 7) is 3.98. The van der Waals surface area contributed by atoms with Crippen LogP contribution in [0.15, 0.2) is 22.9 Å². The molecule has 0 radical (unpaired) electrons. The number of halogens is 1. The van der Waals surface area contributed by atoms with Crippen LogP contribution < -0.4 is 0 Å². The van der Waals surface area contributed by atoms with Crippen molar-refractivity contribution < 1.29 is 0 Å². The fourth-order valence-corrected chi connectivity index (χ4v) is 2.56. The van der Waals surface area contributed by atoms with Crippen LogP contribution in [-0.4, -0.2) is 24.7 Å². The van der Waals surface area contributed by atoms with E-state index in [1.165, 1.54) is 0 Å². The molecule has 19 heavy (non-hydrogen) atoms. The van der Waals surface area contributed by atoms with Crippen LogP contribution in [0.3, 0.4) is 0 Å². The van der Waals surface area contributed by atoms with E-state index in [9.17, 15) is 0 Å². The highest BCUT2D eigenvalue weighted by atomic mass is 79.9. The van der Waals surface area contributed by atoms with Crippen LogP contribution in [0.25, 0.3) is 22.6 Å². The lowest BCUT2D eigenvalue weighted by Gasteiger charge is -2.05. The first-order valence-corrected chi connectivity index (χ1v) is 6.65. The van der Waals surface area contributed by atoms with Crippen LogP contribution in [0.4, 0.5) is 0 Å². The third-order valence-electron chi connectivity index (χ3n) is 2.95. The normalized spacial score (nSPS) is 11.2. The maximum atomic E-state index is 4.65. The van der Waals surface area contributed by atoms with Crippen molar-refractivity contribution in [2.75, 3.05) is 0 Å². The molecule has 0 atom stereocenters. The molecule has 0 aromatic carbocycles. The average Bonchev–Trinajstić information content (AvgIpc) is 2.68. The lowest BCUT2D eigenvalue weighted by molar-refractivity contribution is 0.766. The molecule has 3 aromatic rings. The lowest BCUT2D eigenvalue weighted by Crippen LogP contribution is -1.99. The standard InChI is InChI=1S/C13H12BrN5/c1-7-4-8(2)16-13-12(7)17-9(6-15-13)10-5-11(14)18-19(10)3/h4-6H,1-3H3. The van der Waals surface area contributed by atoms with Crippen molar-refractivity contribution in [1.29, 1.82) is 0 Å². The Labute approximate surface area is 118 Å². The monoisotopic (exact) mass is 317 g/mol. The average molecular weight is 318 g/mol. The van der Waals surface area contributed by atoms with Gasteiger partial charge >= 0.3 is 0 Å². The Kier molecular flexibility index (Phi) is 2.82. The van der Waals surface area contributed by atoms with E-state index >= 15 is 0 Å². The summed E-state index contributed by atoms with van der Waals surface area (Å²) >= 11 is 3.36. The Hall–Kier alpha value is -1.82. The Morgan fingerprint density at radius 1 is 1.16 bits per heavy atom. The van der Waals surface area contributed by atoms with E-state index < -0.39 is 0 Å². The molecule has 0 saturated carbocycles. The van der Waals surface area contributed by atoms with Gasteiger partial charge in [0.15, 0.2) is 5.65 Å². The van der Waals surface area contributed by atoms with Gasteiger partial charge in [-0.1, -0.05) is 0 Å². The quantitative estimate of drug-likeness (QED) is 0.692. The number of aromatic nitrogens is 5. The summed E-state index contributed by atoms with van der Waals surface area (Å²) in [7, 11) is 1.88.